The number of carbonyl (C=O) groups is 1. The fraction of sp³-hybridized carbons (Fsp3) is 0.219. The van der Waals surface area contributed by atoms with Crippen LogP contribution in [0.15, 0.2) is 100 Å². The van der Waals surface area contributed by atoms with E-state index < -0.39 is 16.8 Å². The Morgan fingerprint density at radius 1 is 1.00 bits per heavy atom. The van der Waals surface area contributed by atoms with Crippen molar-refractivity contribution in [2.45, 2.75) is 32.9 Å². The van der Waals surface area contributed by atoms with E-state index in [-0.39, 0.29) is 11.6 Å². The van der Waals surface area contributed by atoms with Gasteiger partial charge in [-0.15, -0.1) is 0 Å². The van der Waals surface area contributed by atoms with Gasteiger partial charge in [0.15, 0.2) is 0 Å². The van der Waals surface area contributed by atoms with Crippen LogP contribution in [-0.4, -0.2) is 40.1 Å². The zero-order valence-corrected chi connectivity index (χ0v) is 23.8. The van der Waals surface area contributed by atoms with Crippen LogP contribution in [0.2, 0.25) is 0 Å². The van der Waals surface area contributed by atoms with Gasteiger partial charge in [0.1, 0.15) is 0 Å². The first-order chi connectivity index (χ1) is 20.2. The molecule has 1 atom stereocenters. The third-order valence-electron chi connectivity index (χ3n) is 7.20. The summed E-state index contributed by atoms with van der Waals surface area (Å²) in [6.45, 7) is 5.21. The van der Waals surface area contributed by atoms with Crippen molar-refractivity contribution in [1.82, 2.24) is 20.4 Å². The van der Waals surface area contributed by atoms with Crippen LogP contribution in [0.1, 0.15) is 42.3 Å². The van der Waals surface area contributed by atoms with E-state index in [1.165, 1.54) is 24.8 Å². The number of ether oxygens (including phenoxy) is 1. The molecule has 0 amide bonds. The van der Waals surface area contributed by atoms with Crippen molar-refractivity contribution in [3.05, 3.63) is 129 Å². The van der Waals surface area contributed by atoms with Gasteiger partial charge in [0, 0.05) is 47.8 Å². The molecular weight excluding hydrogens is 534 g/mol. The Bertz CT molecular complexity index is 1670. The summed E-state index contributed by atoms with van der Waals surface area (Å²) < 4.78 is 10.8. The average molecular weight is 566 g/mol. The number of hydrogen-bond donors (Lipinski definition) is 1. The second-order valence-electron chi connectivity index (χ2n) is 10.3. The van der Waals surface area contributed by atoms with Crippen molar-refractivity contribution in [2.75, 3.05) is 14.2 Å². The second kappa shape index (κ2) is 12.2. The van der Waals surface area contributed by atoms with Gasteiger partial charge in [-0.1, -0.05) is 71.9 Å². The number of nitrogens with one attached hydrogen (secondary N) is 1. The number of methoxy groups -OCH3 is 1. The molecule has 3 aromatic carbocycles. The average Bonchev–Trinajstić information content (AvgIpc) is 3.47. The molecule has 0 spiro atoms. The normalized spacial score (nSPS) is 15.1. The Morgan fingerprint density at radius 3 is 2.36 bits per heavy atom. The van der Waals surface area contributed by atoms with Crippen molar-refractivity contribution in [2.24, 2.45) is 0 Å². The highest BCUT2D eigenvalue weighted by Gasteiger charge is 2.37. The Morgan fingerprint density at radius 2 is 1.69 bits per heavy atom. The molecule has 42 heavy (non-hydrogen) atoms. The summed E-state index contributed by atoms with van der Waals surface area (Å²) in [5, 5.41) is 19.0. The largest absolute Gasteiger partial charge is 0.466 e. The van der Waals surface area contributed by atoms with Crippen molar-refractivity contribution >= 4 is 17.2 Å². The van der Waals surface area contributed by atoms with E-state index in [0.29, 0.717) is 33.9 Å². The topological polar surface area (TPSA) is 124 Å². The van der Waals surface area contributed by atoms with E-state index in [1.807, 2.05) is 49.4 Å². The number of nitro benzene ring substituents is 1. The summed E-state index contributed by atoms with van der Waals surface area (Å²) in [7, 11) is 3.38. The van der Waals surface area contributed by atoms with Gasteiger partial charge in [-0.05, 0) is 37.6 Å². The third-order valence-corrected chi connectivity index (χ3v) is 7.20. The number of hydrogen-bond acceptors (Lipinski definition) is 9. The molecule has 0 saturated carbocycles. The number of nitrogens with zero attached hydrogens (tertiary/aromatic N) is 4. The molecule has 1 aliphatic rings. The summed E-state index contributed by atoms with van der Waals surface area (Å²) in [4.78, 5) is 31.0. The summed E-state index contributed by atoms with van der Waals surface area (Å²) in [5.74, 6) is -0.700. The molecule has 0 aliphatic carbocycles. The Kier molecular flexibility index (Phi) is 8.26. The van der Waals surface area contributed by atoms with E-state index in [1.54, 1.807) is 19.1 Å². The Labute approximate surface area is 243 Å². The lowest BCUT2D eigenvalue weighted by molar-refractivity contribution is -0.384. The highest BCUT2D eigenvalue weighted by atomic mass is 16.6. The first-order valence-corrected chi connectivity index (χ1v) is 13.4. The zero-order valence-electron chi connectivity index (χ0n) is 23.8. The number of benzene rings is 3. The van der Waals surface area contributed by atoms with E-state index in [2.05, 4.69) is 39.5 Å². The zero-order chi connectivity index (χ0) is 29.8. The van der Waals surface area contributed by atoms with Crippen LogP contribution in [0.4, 0.5) is 5.69 Å². The fourth-order valence-corrected chi connectivity index (χ4v) is 5.28. The molecule has 1 unspecified atom stereocenters. The van der Waals surface area contributed by atoms with Gasteiger partial charge in [-0.3, -0.25) is 15.0 Å². The van der Waals surface area contributed by atoms with E-state index in [0.717, 1.165) is 24.2 Å². The van der Waals surface area contributed by atoms with Gasteiger partial charge < -0.3 is 14.6 Å². The first kappa shape index (κ1) is 28.4. The Hall–Kier alpha value is -5.09. The van der Waals surface area contributed by atoms with Crippen molar-refractivity contribution in [3.63, 3.8) is 0 Å². The molecule has 1 aliphatic heterocycles. The molecule has 0 saturated heterocycles. The summed E-state index contributed by atoms with van der Waals surface area (Å²) in [6.07, 6.45) is 0. The van der Waals surface area contributed by atoms with Crippen molar-refractivity contribution < 1.29 is 19.0 Å². The molecule has 2 heterocycles. The van der Waals surface area contributed by atoms with Gasteiger partial charge in [-0.2, -0.15) is 4.98 Å². The van der Waals surface area contributed by atoms with Crippen molar-refractivity contribution in [1.29, 1.82) is 0 Å². The summed E-state index contributed by atoms with van der Waals surface area (Å²) in [5.41, 5.74) is 5.71. The fourth-order valence-electron chi connectivity index (χ4n) is 5.28. The van der Waals surface area contributed by atoms with Crippen LogP contribution in [0.5, 0.6) is 0 Å². The van der Waals surface area contributed by atoms with Crippen LogP contribution in [0.3, 0.4) is 0 Å². The van der Waals surface area contributed by atoms with Crippen LogP contribution >= 0.6 is 0 Å². The quantitative estimate of drug-likeness (QED) is 0.151. The maximum absolute atomic E-state index is 13.0. The maximum atomic E-state index is 13.0. The number of allylic oxidation sites excluding steroid dienone is 3. The van der Waals surface area contributed by atoms with Gasteiger partial charge >= 0.3 is 5.97 Å². The molecule has 4 aromatic rings. The molecule has 5 rings (SSSR count). The SMILES string of the molecule is COC(=O)C1=C(C)NC(C)=C(c2nc(-c3ccc(CN(C)Cc4ccccc4)cc3)no2)C1c1cccc([N+](=O)[O-])c1. The number of aromatic nitrogens is 2. The molecule has 10 heteroatoms. The van der Waals surface area contributed by atoms with E-state index in [4.69, 9.17) is 9.26 Å². The molecule has 0 bridgehead atoms. The number of carbonyl (C=O) groups excluding carboxylic acids is 1. The lowest BCUT2D eigenvalue weighted by Gasteiger charge is -2.29. The third kappa shape index (κ3) is 5.98. The summed E-state index contributed by atoms with van der Waals surface area (Å²) >= 11 is 0. The molecule has 0 radical (unpaired) electrons. The molecule has 1 aromatic heterocycles. The molecule has 10 nitrogen and oxygen atoms in total. The van der Waals surface area contributed by atoms with E-state index in [9.17, 15) is 14.9 Å². The van der Waals surface area contributed by atoms with Gasteiger partial charge in [0.2, 0.25) is 5.82 Å². The Balaban J connectivity index is 1.43. The number of rotatable bonds is 9. The maximum Gasteiger partial charge on any atom is 0.336 e. The molecule has 1 N–H and O–H groups in total. The monoisotopic (exact) mass is 565 g/mol. The minimum absolute atomic E-state index is 0.0920. The number of dihydropyridines is 1. The first-order valence-electron chi connectivity index (χ1n) is 13.4. The van der Waals surface area contributed by atoms with Gasteiger partial charge in [0.05, 0.1) is 23.5 Å². The van der Waals surface area contributed by atoms with Crippen LogP contribution in [-0.2, 0) is 22.6 Å². The highest BCUT2D eigenvalue weighted by Crippen LogP contribution is 2.44. The molecule has 214 valence electrons. The van der Waals surface area contributed by atoms with Gasteiger partial charge in [0.25, 0.3) is 11.6 Å². The number of non-ortho nitro benzene ring substituents is 1. The minimum atomic E-state index is -0.727. The predicted octanol–water partition coefficient (Wildman–Crippen LogP) is 5.84. The van der Waals surface area contributed by atoms with Crippen molar-refractivity contribution in [3.8, 4) is 11.4 Å². The summed E-state index contributed by atoms with van der Waals surface area (Å²) in [6, 6.07) is 24.5. The van der Waals surface area contributed by atoms with Gasteiger partial charge in [-0.25, -0.2) is 4.79 Å². The lowest BCUT2D eigenvalue weighted by Crippen LogP contribution is -2.28. The van der Waals surface area contributed by atoms with Crippen LogP contribution < -0.4 is 5.32 Å². The standard InChI is InChI=1S/C32H31N5O5/c1-20-27(29(28(21(2)33-20)32(38)41-4)25-11-8-12-26(17-25)37(39)40)31-34-30(35-42-31)24-15-13-23(14-16-24)19-36(3)18-22-9-6-5-7-10-22/h5-17,29,33H,18-19H2,1-4H3. The number of nitro groups is 1. The van der Waals surface area contributed by atoms with E-state index >= 15 is 0 Å². The lowest BCUT2D eigenvalue weighted by atomic mass is 9.80. The van der Waals surface area contributed by atoms with Crippen LogP contribution in [0.25, 0.3) is 17.0 Å². The highest BCUT2D eigenvalue weighted by molar-refractivity contribution is 5.97. The number of esters is 1. The van der Waals surface area contributed by atoms with Crippen LogP contribution in [0, 0.1) is 10.1 Å². The predicted molar refractivity (Wildman–Crippen MR) is 158 cm³/mol. The molecule has 0 fully saturated rings. The second-order valence-corrected chi connectivity index (χ2v) is 10.3. The molecular formula is C32H31N5O5. The smallest absolute Gasteiger partial charge is 0.336 e. The minimum Gasteiger partial charge on any atom is -0.466 e.